The lowest BCUT2D eigenvalue weighted by atomic mass is 9.98. The summed E-state index contributed by atoms with van der Waals surface area (Å²) in [6, 6.07) is 1.34. The molecule has 1 heterocycles. The maximum Gasteiger partial charge on any atom is 0.0601 e. The first kappa shape index (κ1) is 10.6. The minimum absolute atomic E-state index is 0.633. The Kier molecular flexibility index (Phi) is 4.27. The molecule has 1 aliphatic heterocycles. The number of nitrogens with zero attached hydrogens (tertiary/aromatic N) is 1. The second-order valence-electron chi connectivity index (χ2n) is 3.80. The summed E-state index contributed by atoms with van der Waals surface area (Å²) in [4.78, 5) is 2.38. The van der Waals surface area contributed by atoms with Gasteiger partial charge in [0.05, 0.1) is 6.54 Å². The SMILES string of the molecule is C#CCN1CCC(NCC)CC1C. The molecule has 1 N–H and O–H groups in total. The standard InChI is InChI=1S/C11H20N2/c1-4-7-13-8-6-11(12-5-2)9-10(13)3/h1,10-12H,5-9H2,2-3H3. The van der Waals surface area contributed by atoms with Crippen LogP contribution >= 0.6 is 0 Å². The molecule has 0 spiro atoms. The Hall–Kier alpha value is -0.520. The van der Waals surface area contributed by atoms with Crippen LogP contribution in [0.15, 0.2) is 0 Å². The Morgan fingerprint density at radius 2 is 2.38 bits per heavy atom. The summed E-state index contributed by atoms with van der Waals surface area (Å²) in [7, 11) is 0. The highest BCUT2D eigenvalue weighted by atomic mass is 15.2. The predicted molar refractivity (Wildman–Crippen MR) is 56.6 cm³/mol. The lowest BCUT2D eigenvalue weighted by molar-refractivity contribution is 0.154. The number of likely N-dealkylation sites (tertiary alicyclic amines) is 1. The van der Waals surface area contributed by atoms with Crippen molar-refractivity contribution in [1.29, 1.82) is 0 Å². The number of hydrogen-bond acceptors (Lipinski definition) is 2. The molecule has 13 heavy (non-hydrogen) atoms. The maximum atomic E-state index is 5.31. The number of piperidine rings is 1. The van der Waals surface area contributed by atoms with E-state index in [0.717, 1.165) is 19.6 Å². The molecule has 0 aromatic carbocycles. The van der Waals surface area contributed by atoms with Crippen molar-refractivity contribution in [3.63, 3.8) is 0 Å². The molecular weight excluding hydrogens is 160 g/mol. The molecule has 0 radical (unpaired) electrons. The third kappa shape index (κ3) is 3.02. The Balaban J connectivity index is 2.33. The first-order valence-electron chi connectivity index (χ1n) is 5.18. The van der Waals surface area contributed by atoms with E-state index in [4.69, 9.17) is 6.42 Å². The molecule has 0 aromatic rings. The van der Waals surface area contributed by atoms with E-state index >= 15 is 0 Å². The average Bonchev–Trinajstić information content (AvgIpc) is 2.10. The molecule has 0 aliphatic carbocycles. The smallest absolute Gasteiger partial charge is 0.0601 e. The summed E-state index contributed by atoms with van der Waals surface area (Å²) < 4.78 is 0. The van der Waals surface area contributed by atoms with Crippen molar-refractivity contribution in [3.8, 4) is 12.3 Å². The topological polar surface area (TPSA) is 15.3 Å². The van der Waals surface area contributed by atoms with E-state index < -0.39 is 0 Å². The summed E-state index contributed by atoms with van der Waals surface area (Å²) in [5.41, 5.74) is 0. The van der Waals surface area contributed by atoms with Crippen LogP contribution in [0.5, 0.6) is 0 Å². The molecule has 2 nitrogen and oxygen atoms in total. The van der Waals surface area contributed by atoms with Crippen LogP contribution in [0.1, 0.15) is 26.7 Å². The van der Waals surface area contributed by atoms with Crippen LogP contribution in [0, 0.1) is 12.3 Å². The van der Waals surface area contributed by atoms with Gasteiger partial charge in [0.2, 0.25) is 0 Å². The molecule has 74 valence electrons. The number of rotatable bonds is 3. The molecule has 1 saturated heterocycles. The number of terminal acetylenes is 1. The van der Waals surface area contributed by atoms with Crippen LogP contribution in [-0.2, 0) is 0 Å². The first-order chi connectivity index (χ1) is 6.27. The molecule has 2 heteroatoms. The maximum absolute atomic E-state index is 5.31. The molecule has 2 atom stereocenters. The van der Waals surface area contributed by atoms with Gasteiger partial charge in [-0.2, -0.15) is 0 Å². The molecule has 0 amide bonds. The van der Waals surface area contributed by atoms with Crippen LogP contribution in [0.2, 0.25) is 0 Å². The normalized spacial score (nSPS) is 29.9. The van der Waals surface area contributed by atoms with E-state index in [-0.39, 0.29) is 0 Å². The van der Waals surface area contributed by atoms with Crippen molar-refractivity contribution in [2.45, 2.75) is 38.8 Å². The third-order valence-corrected chi connectivity index (χ3v) is 2.80. The quantitative estimate of drug-likeness (QED) is 0.654. The minimum Gasteiger partial charge on any atom is -0.314 e. The lowest BCUT2D eigenvalue weighted by Crippen LogP contribution is -2.47. The van der Waals surface area contributed by atoms with E-state index in [1.54, 1.807) is 0 Å². The fraction of sp³-hybridized carbons (Fsp3) is 0.818. The summed E-state index contributed by atoms with van der Waals surface area (Å²) in [6.45, 7) is 7.45. The summed E-state index contributed by atoms with van der Waals surface area (Å²) in [5, 5.41) is 3.50. The Labute approximate surface area is 81.7 Å². The summed E-state index contributed by atoms with van der Waals surface area (Å²) in [5.74, 6) is 2.72. The third-order valence-electron chi connectivity index (χ3n) is 2.80. The fourth-order valence-corrected chi connectivity index (χ4v) is 2.05. The van der Waals surface area contributed by atoms with Gasteiger partial charge in [-0.1, -0.05) is 12.8 Å². The van der Waals surface area contributed by atoms with Crippen molar-refractivity contribution < 1.29 is 0 Å². The van der Waals surface area contributed by atoms with Gasteiger partial charge in [-0.15, -0.1) is 6.42 Å². The van der Waals surface area contributed by atoms with Gasteiger partial charge in [-0.25, -0.2) is 0 Å². The molecule has 1 rings (SSSR count). The van der Waals surface area contributed by atoms with Gasteiger partial charge >= 0.3 is 0 Å². The van der Waals surface area contributed by atoms with E-state index in [2.05, 4.69) is 30.0 Å². The average molecular weight is 180 g/mol. The second kappa shape index (κ2) is 5.26. The highest BCUT2D eigenvalue weighted by molar-refractivity contribution is 4.92. The van der Waals surface area contributed by atoms with E-state index in [1.165, 1.54) is 12.8 Å². The monoisotopic (exact) mass is 180 g/mol. The molecule has 2 unspecified atom stereocenters. The number of nitrogens with one attached hydrogen (secondary N) is 1. The van der Waals surface area contributed by atoms with E-state index in [0.29, 0.717) is 12.1 Å². The van der Waals surface area contributed by atoms with Crippen LogP contribution in [0.3, 0.4) is 0 Å². The highest BCUT2D eigenvalue weighted by Gasteiger charge is 2.23. The second-order valence-corrected chi connectivity index (χ2v) is 3.80. The van der Waals surface area contributed by atoms with Crippen LogP contribution in [-0.4, -0.2) is 36.6 Å². The fourth-order valence-electron chi connectivity index (χ4n) is 2.05. The minimum atomic E-state index is 0.633. The number of hydrogen-bond donors (Lipinski definition) is 1. The van der Waals surface area contributed by atoms with Gasteiger partial charge in [-0.3, -0.25) is 4.90 Å². The Morgan fingerprint density at radius 3 is 2.92 bits per heavy atom. The van der Waals surface area contributed by atoms with Crippen molar-refractivity contribution in [2.75, 3.05) is 19.6 Å². The van der Waals surface area contributed by atoms with Gasteiger partial charge < -0.3 is 5.32 Å². The van der Waals surface area contributed by atoms with Crippen molar-refractivity contribution >= 4 is 0 Å². The zero-order valence-electron chi connectivity index (χ0n) is 8.71. The van der Waals surface area contributed by atoms with Gasteiger partial charge in [0, 0.05) is 18.6 Å². The highest BCUT2D eigenvalue weighted by Crippen LogP contribution is 2.16. The zero-order chi connectivity index (χ0) is 9.68. The van der Waals surface area contributed by atoms with E-state index in [1.807, 2.05) is 0 Å². The molecule has 0 bridgehead atoms. The lowest BCUT2D eigenvalue weighted by Gasteiger charge is -2.36. The van der Waals surface area contributed by atoms with Gasteiger partial charge in [0.15, 0.2) is 0 Å². The van der Waals surface area contributed by atoms with Crippen molar-refractivity contribution in [3.05, 3.63) is 0 Å². The Morgan fingerprint density at radius 1 is 1.62 bits per heavy atom. The van der Waals surface area contributed by atoms with Gasteiger partial charge in [0.1, 0.15) is 0 Å². The van der Waals surface area contributed by atoms with Crippen molar-refractivity contribution in [1.82, 2.24) is 10.2 Å². The summed E-state index contributed by atoms with van der Waals surface area (Å²) in [6.07, 6.45) is 7.78. The van der Waals surface area contributed by atoms with Crippen molar-refractivity contribution in [2.24, 2.45) is 0 Å². The van der Waals surface area contributed by atoms with Crippen LogP contribution in [0.4, 0.5) is 0 Å². The molecular formula is C11H20N2. The van der Waals surface area contributed by atoms with Crippen LogP contribution in [0.25, 0.3) is 0 Å². The predicted octanol–water partition coefficient (Wildman–Crippen LogP) is 1.08. The van der Waals surface area contributed by atoms with Gasteiger partial charge in [0.25, 0.3) is 0 Å². The molecule has 0 aromatic heterocycles. The first-order valence-corrected chi connectivity index (χ1v) is 5.18. The van der Waals surface area contributed by atoms with Gasteiger partial charge in [-0.05, 0) is 26.3 Å². The summed E-state index contributed by atoms with van der Waals surface area (Å²) >= 11 is 0. The van der Waals surface area contributed by atoms with Crippen LogP contribution < -0.4 is 5.32 Å². The molecule has 1 aliphatic rings. The largest absolute Gasteiger partial charge is 0.314 e. The Bertz CT molecular complexity index is 183. The molecule has 0 saturated carbocycles. The van der Waals surface area contributed by atoms with E-state index in [9.17, 15) is 0 Å². The molecule has 1 fully saturated rings. The zero-order valence-corrected chi connectivity index (χ0v) is 8.71.